The molecule has 0 aliphatic rings. The predicted molar refractivity (Wildman–Crippen MR) is 60.6 cm³/mol. The molecule has 4 nitrogen and oxygen atoms in total. The highest BCUT2D eigenvalue weighted by Crippen LogP contribution is 2.28. The molecule has 0 saturated heterocycles. The predicted octanol–water partition coefficient (Wildman–Crippen LogP) is 2.21. The van der Waals surface area contributed by atoms with E-state index in [9.17, 15) is 9.59 Å². The van der Waals surface area contributed by atoms with Gasteiger partial charge < -0.3 is 4.42 Å². The summed E-state index contributed by atoms with van der Waals surface area (Å²) in [6.45, 7) is 1.76. The molecule has 2 rings (SSSR count). The quantitative estimate of drug-likeness (QED) is 0.809. The maximum atomic E-state index is 11.4. The first-order chi connectivity index (χ1) is 7.00. The Labute approximate surface area is 97.0 Å². The van der Waals surface area contributed by atoms with Crippen LogP contribution >= 0.6 is 27.5 Å². The average Bonchev–Trinajstić information content (AvgIpc) is 2.13. The van der Waals surface area contributed by atoms with Gasteiger partial charge in [-0.2, -0.15) is 0 Å². The van der Waals surface area contributed by atoms with Crippen LogP contribution < -0.4 is 11.4 Å². The Bertz CT molecular complexity index is 659. The van der Waals surface area contributed by atoms with Crippen molar-refractivity contribution >= 4 is 38.4 Å². The third kappa shape index (κ3) is 1.61. The van der Waals surface area contributed by atoms with Crippen LogP contribution in [-0.2, 0) is 0 Å². The van der Waals surface area contributed by atoms with E-state index in [1.54, 1.807) is 13.0 Å². The van der Waals surface area contributed by atoms with Gasteiger partial charge in [0.1, 0.15) is 5.39 Å². The number of fused-ring (bicyclic) bond motifs is 1. The Morgan fingerprint density at radius 2 is 2.13 bits per heavy atom. The van der Waals surface area contributed by atoms with Gasteiger partial charge in [0.2, 0.25) is 0 Å². The maximum absolute atomic E-state index is 11.4. The molecule has 1 aromatic carbocycles. The molecule has 1 N–H and O–H groups in total. The van der Waals surface area contributed by atoms with Crippen molar-refractivity contribution in [1.29, 1.82) is 0 Å². The Hall–Kier alpha value is -1.07. The van der Waals surface area contributed by atoms with Crippen LogP contribution in [0.25, 0.3) is 10.9 Å². The van der Waals surface area contributed by atoms with Crippen LogP contribution in [0.2, 0.25) is 5.02 Å². The van der Waals surface area contributed by atoms with Gasteiger partial charge in [-0.1, -0.05) is 11.6 Å². The summed E-state index contributed by atoms with van der Waals surface area (Å²) in [4.78, 5) is 24.8. The van der Waals surface area contributed by atoms with Crippen LogP contribution in [0.15, 0.2) is 24.5 Å². The van der Waals surface area contributed by atoms with Crippen molar-refractivity contribution in [3.63, 3.8) is 0 Å². The highest BCUT2D eigenvalue weighted by molar-refractivity contribution is 9.10. The van der Waals surface area contributed by atoms with Crippen molar-refractivity contribution in [2.75, 3.05) is 0 Å². The van der Waals surface area contributed by atoms with E-state index in [1.807, 2.05) is 0 Å². The molecule has 1 heterocycles. The van der Waals surface area contributed by atoms with Gasteiger partial charge in [0, 0.05) is 4.47 Å². The van der Waals surface area contributed by atoms with Gasteiger partial charge in [-0.15, -0.1) is 0 Å². The van der Waals surface area contributed by atoms with E-state index in [-0.39, 0.29) is 5.39 Å². The zero-order valence-corrected chi connectivity index (χ0v) is 9.90. The smallest absolute Gasteiger partial charge is 0.372 e. The number of aryl methyl sites for hydroxylation is 1. The second-order valence-electron chi connectivity index (χ2n) is 3.04. The topological polar surface area (TPSA) is 63.1 Å². The van der Waals surface area contributed by atoms with Crippen LogP contribution in [-0.4, -0.2) is 4.98 Å². The standard InChI is InChI=1S/C9H5BrClNO3/c1-3-2-4(10)7-5(6(3)11)8(13)15-9(14)12-7/h2H,1H3,(H,12,14). The van der Waals surface area contributed by atoms with E-state index < -0.39 is 11.4 Å². The van der Waals surface area contributed by atoms with Crippen molar-refractivity contribution in [2.24, 2.45) is 0 Å². The summed E-state index contributed by atoms with van der Waals surface area (Å²) in [5, 5.41) is 0.473. The van der Waals surface area contributed by atoms with E-state index in [0.717, 1.165) is 5.56 Å². The van der Waals surface area contributed by atoms with Crippen LogP contribution in [0.5, 0.6) is 0 Å². The van der Waals surface area contributed by atoms with Crippen LogP contribution in [0, 0.1) is 6.92 Å². The summed E-state index contributed by atoms with van der Waals surface area (Å²) in [6, 6.07) is 1.72. The van der Waals surface area contributed by atoms with E-state index in [0.29, 0.717) is 15.0 Å². The second kappa shape index (κ2) is 3.50. The number of aromatic nitrogens is 1. The molecule has 0 saturated carbocycles. The molecule has 0 radical (unpaired) electrons. The summed E-state index contributed by atoms with van der Waals surface area (Å²) in [5.41, 5.74) is 0.352. The fraction of sp³-hybridized carbons (Fsp3) is 0.111. The summed E-state index contributed by atoms with van der Waals surface area (Å²) in [7, 11) is 0. The lowest BCUT2D eigenvalue weighted by atomic mass is 10.2. The fourth-order valence-electron chi connectivity index (χ4n) is 1.33. The molecule has 6 heteroatoms. The molecular weight excluding hydrogens is 285 g/mol. The van der Waals surface area contributed by atoms with Crippen molar-refractivity contribution in [1.82, 2.24) is 4.98 Å². The molecule has 0 fully saturated rings. The first-order valence-electron chi connectivity index (χ1n) is 4.02. The molecule has 0 unspecified atom stereocenters. The normalized spacial score (nSPS) is 10.9. The number of rotatable bonds is 0. The number of halogens is 2. The average molecular weight is 290 g/mol. The zero-order chi connectivity index (χ0) is 11.2. The number of aromatic amines is 1. The summed E-state index contributed by atoms with van der Waals surface area (Å²) >= 11 is 9.19. The van der Waals surface area contributed by atoms with Crippen LogP contribution in [0.4, 0.5) is 0 Å². The minimum Gasteiger partial charge on any atom is -0.372 e. The highest BCUT2D eigenvalue weighted by Gasteiger charge is 2.12. The van der Waals surface area contributed by atoms with Gasteiger partial charge >= 0.3 is 11.4 Å². The fourth-order valence-corrected chi connectivity index (χ4v) is 2.20. The Kier molecular flexibility index (Phi) is 2.44. The third-order valence-corrected chi connectivity index (χ3v) is 3.13. The molecule has 1 aromatic heterocycles. The van der Waals surface area contributed by atoms with Gasteiger partial charge in [-0.25, -0.2) is 9.59 Å². The van der Waals surface area contributed by atoms with E-state index in [2.05, 4.69) is 25.3 Å². The Balaban J connectivity index is 3.17. The molecule has 0 spiro atoms. The monoisotopic (exact) mass is 289 g/mol. The van der Waals surface area contributed by atoms with Gasteiger partial charge in [-0.3, -0.25) is 4.98 Å². The summed E-state index contributed by atoms with van der Waals surface area (Å²) in [6.07, 6.45) is 0. The minimum atomic E-state index is -0.798. The molecule has 2 aromatic rings. The molecular formula is C9H5BrClNO3. The molecule has 0 bridgehead atoms. The summed E-state index contributed by atoms with van der Waals surface area (Å²) in [5.74, 6) is -0.798. The van der Waals surface area contributed by atoms with Gasteiger partial charge in [0.15, 0.2) is 0 Å². The second-order valence-corrected chi connectivity index (χ2v) is 4.27. The van der Waals surface area contributed by atoms with E-state index >= 15 is 0 Å². The first-order valence-corrected chi connectivity index (χ1v) is 5.19. The molecule has 0 amide bonds. The van der Waals surface area contributed by atoms with Crippen molar-refractivity contribution in [3.8, 4) is 0 Å². The SMILES string of the molecule is Cc1cc(Br)c2[nH]c(=O)oc(=O)c2c1Cl. The third-order valence-electron chi connectivity index (χ3n) is 2.01. The first kappa shape index (κ1) is 10.4. The number of hydrogen-bond donors (Lipinski definition) is 1. The number of H-pyrrole nitrogens is 1. The van der Waals surface area contributed by atoms with Crippen molar-refractivity contribution < 1.29 is 4.42 Å². The van der Waals surface area contributed by atoms with E-state index in [4.69, 9.17) is 11.6 Å². The number of benzene rings is 1. The van der Waals surface area contributed by atoms with Crippen LogP contribution in [0.3, 0.4) is 0 Å². The largest absolute Gasteiger partial charge is 0.419 e. The minimum absolute atomic E-state index is 0.183. The Morgan fingerprint density at radius 1 is 1.47 bits per heavy atom. The molecule has 15 heavy (non-hydrogen) atoms. The van der Waals surface area contributed by atoms with E-state index in [1.165, 1.54) is 0 Å². The molecule has 0 atom stereocenters. The lowest BCUT2D eigenvalue weighted by Crippen LogP contribution is -2.15. The molecule has 0 aliphatic carbocycles. The molecule has 0 aliphatic heterocycles. The van der Waals surface area contributed by atoms with Crippen molar-refractivity contribution in [3.05, 3.63) is 42.1 Å². The highest BCUT2D eigenvalue weighted by atomic mass is 79.9. The zero-order valence-electron chi connectivity index (χ0n) is 7.56. The molecule has 78 valence electrons. The summed E-state index contributed by atoms with van der Waals surface area (Å²) < 4.78 is 5.01. The lowest BCUT2D eigenvalue weighted by Gasteiger charge is -2.03. The maximum Gasteiger partial charge on any atom is 0.419 e. The lowest BCUT2D eigenvalue weighted by molar-refractivity contribution is 0.460. The van der Waals surface area contributed by atoms with Gasteiger partial charge in [0.25, 0.3) is 0 Å². The number of hydrogen-bond acceptors (Lipinski definition) is 3. The van der Waals surface area contributed by atoms with Crippen LogP contribution in [0.1, 0.15) is 5.56 Å². The number of nitrogens with one attached hydrogen (secondary N) is 1. The van der Waals surface area contributed by atoms with Gasteiger partial charge in [0.05, 0.1) is 10.5 Å². The Morgan fingerprint density at radius 3 is 2.80 bits per heavy atom. The van der Waals surface area contributed by atoms with Gasteiger partial charge in [-0.05, 0) is 34.5 Å². The van der Waals surface area contributed by atoms with Crippen molar-refractivity contribution in [2.45, 2.75) is 6.92 Å².